The third-order valence-corrected chi connectivity index (χ3v) is 1.91. The number of ether oxygens (including phenoxy) is 1. The van der Waals surface area contributed by atoms with Crippen molar-refractivity contribution < 1.29 is 9.53 Å². The van der Waals surface area contributed by atoms with E-state index >= 15 is 0 Å². The predicted octanol–water partition coefficient (Wildman–Crippen LogP) is 2.20. The number of alkyl halides is 1. The summed E-state index contributed by atoms with van der Waals surface area (Å²) in [5.41, 5.74) is 1.01. The molecule has 0 bridgehead atoms. The van der Waals surface area contributed by atoms with E-state index in [1.165, 1.54) is 0 Å². The standard InChI is InChI=1S/C10H11BrO2/c11-6-8-13-10-3-1-9(2-4-10)5-7-12/h1-4,7H,5-6,8H2. The zero-order valence-electron chi connectivity index (χ0n) is 7.20. The molecule has 0 radical (unpaired) electrons. The van der Waals surface area contributed by atoms with Crippen LogP contribution < -0.4 is 4.74 Å². The molecule has 1 aromatic carbocycles. The summed E-state index contributed by atoms with van der Waals surface area (Å²) >= 11 is 3.27. The fourth-order valence-electron chi connectivity index (χ4n) is 0.974. The largest absolute Gasteiger partial charge is 0.493 e. The molecule has 3 heteroatoms. The fraction of sp³-hybridized carbons (Fsp3) is 0.300. The number of rotatable bonds is 5. The van der Waals surface area contributed by atoms with E-state index in [9.17, 15) is 4.79 Å². The quantitative estimate of drug-likeness (QED) is 0.585. The summed E-state index contributed by atoms with van der Waals surface area (Å²) in [6.45, 7) is 0.660. The second kappa shape index (κ2) is 5.75. The molecule has 70 valence electrons. The van der Waals surface area contributed by atoms with Crippen LogP contribution in [-0.2, 0) is 11.2 Å². The Bertz CT molecular complexity index is 256. The van der Waals surface area contributed by atoms with Crippen molar-refractivity contribution in [2.45, 2.75) is 6.42 Å². The monoisotopic (exact) mass is 242 g/mol. The van der Waals surface area contributed by atoms with Crippen molar-refractivity contribution in [2.24, 2.45) is 0 Å². The average molecular weight is 243 g/mol. The number of carbonyl (C=O) groups excluding carboxylic acids is 1. The number of aldehydes is 1. The maximum absolute atomic E-state index is 10.2. The van der Waals surface area contributed by atoms with Crippen molar-refractivity contribution in [3.8, 4) is 5.75 Å². The molecular weight excluding hydrogens is 232 g/mol. The number of hydrogen-bond acceptors (Lipinski definition) is 2. The summed E-state index contributed by atoms with van der Waals surface area (Å²) in [5.74, 6) is 0.842. The fourth-order valence-corrected chi connectivity index (χ4v) is 1.14. The van der Waals surface area contributed by atoms with Gasteiger partial charge in [0.1, 0.15) is 12.0 Å². The Kier molecular flexibility index (Phi) is 4.54. The van der Waals surface area contributed by atoms with Gasteiger partial charge in [-0.2, -0.15) is 0 Å². The average Bonchev–Trinajstić information content (AvgIpc) is 2.17. The molecule has 0 saturated carbocycles. The van der Waals surface area contributed by atoms with Crippen LogP contribution >= 0.6 is 15.9 Å². The van der Waals surface area contributed by atoms with Gasteiger partial charge in [0.05, 0.1) is 6.61 Å². The highest BCUT2D eigenvalue weighted by Crippen LogP contribution is 2.12. The van der Waals surface area contributed by atoms with Crippen LogP contribution in [0.4, 0.5) is 0 Å². The SMILES string of the molecule is O=CCc1ccc(OCCBr)cc1. The Morgan fingerprint density at radius 1 is 1.31 bits per heavy atom. The molecule has 0 saturated heterocycles. The summed E-state index contributed by atoms with van der Waals surface area (Å²) in [6, 6.07) is 7.55. The molecule has 0 aromatic heterocycles. The smallest absolute Gasteiger partial charge is 0.124 e. The third kappa shape index (κ3) is 3.59. The number of halogens is 1. The minimum Gasteiger partial charge on any atom is -0.493 e. The molecule has 0 aliphatic carbocycles. The first-order chi connectivity index (χ1) is 6.36. The molecule has 1 rings (SSSR count). The van der Waals surface area contributed by atoms with Gasteiger partial charge in [-0.1, -0.05) is 28.1 Å². The summed E-state index contributed by atoms with van der Waals surface area (Å²) in [4.78, 5) is 10.2. The normalized spacial score (nSPS) is 9.62. The molecule has 0 aliphatic heterocycles. The highest BCUT2D eigenvalue weighted by Gasteiger charge is 1.93. The Labute approximate surface area is 86.0 Å². The Hall–Kier alpha value is -0.830. The van der Waals surface area contributed by atoms with Crippen molar-refractivity contribution >= 4 is 22.2 Å². The van der Waals surface area contributed by atoms with E-state index in [2.05, 4.69) is 15.9 Å². The van der Waals surface area contributed by atoms with Gasteiger partial charge in [-0.15, -0.1) is 0 Å². The van der Waals surface area contributed by atoms with Gasteiger partial charge in [0.2, 0.25) is 0 Å². The first kappa shape index (κ1) is 10.3. The summed E-state index contributed by atoms with van der Waals surface area (Å²) in [7, 11) is 0. The highest BCUT2D eigenvalue weighted by atomic mass is 79.9. The zero-order valence-corrected chi connectivity index (χ0v) is 8.79. The lowest BCUT2D eigenvalue weighted by Gasteiger charge is -2.03. The van der Waals surface area contributed by atoms with E-state index in [-0.39, 0.29) is 0 Å². The van der Waals surface area contributed by atoms with E-state index in [0.29, 0.717) is 13.0 Å². The molecule has 0 heterocycles. The van der Waals surface area contributed by atoms with E-state index < -0.39 is 0 Å². The lowest BCUT2D eigenvalue weighted by Crippen LogP contribution is -1.97. The van der Waals surface area contributed by atoms with Gasteiger partial charge in [0.25, 0.3) is 0 Å². The molecule has 0 spiro atoms. The van der Waals surface area contributed by atoms with Crippen LogP contribution in [0, 0.1) is 0 Å². The second-order valence-electron chi connectivity index (χ2n) is 2.55. The molecule has 0 amide bonds. The van der Waals surface area contributed by atoms with Gasteiger partial charge in [-0.3, -0.25) is 0 Å². The first-order valence-electron chi connectivity index (χ1n) is 4.08. The van der Waals surface area contributed by atoms with E-state index in [1.807, 2.05) is 24.3 Å². The second-order valence-corrected chi connectivity index (χ2v) is 3.35. The van der Waals surface area contributed by atoms with Crippen LogP contribution in [0.25, 0.3) is 0 Å². The minimum atomic E-state index is 0.471. The maximum Gasteiger partial charge on any atom is 0.124 e. The molecule has 0 atom stereocenters. The summed E-state index contributed by atoms with van der Waals surface area (Å²) in [6.07, 6.45) is 1.37. The highest BCUT2D eigenvalue weighted by molar-refractivity contribution is 9.09. The van der Waals surface area contributed by atoms with Crippen LogP contribution in [0.5, 0.6) is 5.75 Å². The van der Waals surface area contributed by atoms with E-state index in [1.54, 1.807) is 0 Å². The Balaban J connectivity index is 2.53. The van der Waals surface area contributed by atoms with Gasteiger partial charge in [-0.05, 0) is 17.7 Å². The van der Waals surface area contributed by atoms with Crippen LogP contribution in [0.3, 0.4) is 0 Å². The first-order valence-corrected chi connectivity index (χ1v) is 5.20. The molecule has 0 N–H and O–H groups in total. The Morgan fingerprint density at radius 3 is 2.54 bits per heavy atom. The third-order valence-electron chi connectivity index (χ3n) is 1.59. The number of carbonyl (C=O) groups is 1. The minimum absolute atomic E-state index is 0.471. The molecule has 13 heavy (non-hydrogen) atoms. The summed E-state index contributed by atoms with van der Waals surface area (Å²) < 4.78 is 5.35. The van der Waals surface area contributed by atoms with Gasteiger partial charge in [-0.25, -0.2) is 0 Å². The molecule has 1 aromatic rings. The van der Waals surface area contributed by atoms with Gasteiger partial charge in [0, 0.05) is 11.8 Å². The predicted molar refractivity (Wildman–Crippen MR) is 55.5 cm³/mol. The van der Waals surface area contributed by atoms with Crippen molar-refractivity contribution in [2.75, 3.05) is 11.9 Å². The van der Waals surface area contributed by atoms with Gasteiger partial charge in [0.15, 0.2) is 0 Å². The maximum atomic E-state index is 10.2. The molecule has 0 unspecified atom stereocenters. The lowest BCUT2D eigenvalue weighted by atomic mass is 10.2. The van der Waals surface area contributed by atoms with Crippen LogP contribution in [0.15, 0.2) is 24.3 Å². The van der Waals surface area contributed by atoms with Gasteiger partial charge >= 0.3 is 0 Å². The number of hydrogen-bond donors (Lipinski definition) is 0. The lowest BCUT2D eigenvalue weighted by molar-refractivity contribution is -0.107. The van der Waals surface area contributed by atoms with Crippen molar-refractivity contribution in [1.82, 2.24) is 0 Å². The molecule has 2 nitrogen and oxygen atoms in total. The van der Waals surface area contributed by atoms with Crippen molar-refractivity contribution in [3.05, 3.63) is 29.8 Å². The molecule has 0 fully saturated rings. The molecular formula is C10H11BrO2. The zero-order chi connectivity index (χ0) is 9.52. The van der Waals surface area contributed by atoms with Crippen LogP contribution in [0.1, 0.15) is 5.56 Å². The topological polar surface area (TPSA) is 26.3 Å². The van der Waals surface area contributed by atoms with Crippen molar-refractivity contribution in [3.63, 3.8) is 0 Å². The van der Waals surface area contributed by atoms with Gasteiger partial charge < -0.3 is 9.53 Å². The molecule has 0 aliphatic rings. The van der Waals surface area contributed by atoms with Crippen LogP contribution in [0.2, 0.25) is 0 Å². The summed E-state index contributed by atoms with van der Waals surface area (Å²) in [5, 5.41) is 0.823. The van der Waals surface area contributed by atoms with Crippen LogP contribution in [-0.4, -0.2) is 18.2 Å². The van der Waals surface area contributed by atoms with E-state index in [0.717, 1.165) is 22.9 Å². The Morgan fingerprint density at radius 2 is 2.00 bits per heavy atom. The van der Waals surface area contributed by atoms with E-state index in [4.69, 9.17) is 4.74 Å². The van der Waals surface area contributed by atoms with Crippen molar-refractivity contribution in [1.29, 1.82) is 0 Å². The number of benzene rings is 1.